The highest BCUT2D eigenvalue weighted by Gasteiger charge is 2.31. The van der Waals surface area contributed by atoms with E-state index in [4.69, 9.17) is 9.72 Å². The molecule has 1 fully saturated rings. The van der Waals surface area contributed by atoms with Gasteiger partial charge in [-0.25, -0.2) is 19.9 Å². The zero-order chi connectivity index (χ0) is 16.1. The smallest absolute Gasteiger partial charge is 0.227 e. The normalized spacial score (nSPS) is 14.4. The van der Waals surface area contributed by atoms with Crippen molar-refractivity contribution in [3.05, 3.63) is 36.7 Å². The first kappa shape index (κ1) is 13.4. The van der Waals surface area contributed by atoms with E-state index < -0.39 is 0 Å². The predicted molar refractivity (Wildman–Crippen MR) is 88.7 cm³/mol. The minimum absolute atomic E-state index is 0.447. The lowest BCUT2D eigenvalue weighted by Gasteiger charge is -2.10. The standard InChI is InChI=1S/C17H14N6O/c1-24-17-13(14(9-2-3-9)20-8-21-17)16-19-6-11-10-4-5-18-7-12(10)22-15(11)23-16/h4-9H,2-3H2,1H3,(H,19,22,23). The Kier molecular flexibility index (Phi) is 2.76. The van der Waals surface area contributed by atoms with E-state index in [0.29, 0.717) is 17.6 Å². The maximum Gasteiger partial charge on any atom is 0.227 e. The second-order valence-corrected chi connectivity index (χ2v) is 5.92. The van der Waals surface area contributed by atoms with Crippen molar-refractivity contribution in [1.82, 2.24) is 29.9 Å². The van der Waals surface area contributed by atoms with E-state index in [1.54, 1.807) is 25.8 Å². The van der Waals surface area contributed by atoms with Gasteiger partial charge in [-0.05, 0) is 18.9 Å². The van der Waals surface area contributed by atoms with Gasteiger partial charge in [0.05, 0.1) is 24.5 Å². The van der Waals surface area contributed by atoms with Crippen LogP contribution in [-0.4, -0.2) is 37.0 Å². The summed E-state index contributed by atoms with van der Waals surface area (Å²) in [5.41, 5.74) is 3.48. The monoisotopic (exact) mass is 318 g/mol. The number of nitrogens with zero attached hydrogens (tertiary/aromatic N) is 5. The molecule has 7 nitrogen and oxygen atoms in total. The zero-order valence-electron chi connectivity index (χ0n) is 13.0. The number of rotatable bonds is 3. The van der Waals surface area contributed by atoms with Crippen LogP contribution in [0.5, 0.6) is 5.88 Å². The third kappa shape index (κ3) is 1.94. The number of ether oxygens (including phenoxy) is 1. The van der Waals surface area contributed by atoms with Crippen molar-refractivity contribution in [3.8, 4) is 17.3 Å². The summed E-state index contributed by atoms with van der Waals surface area (Å²) in [7, 11) is 1.61. The maximum absolute atomic E-state index is 5.44. The first-order valence-corrected chi connectivity index (χ1v) is 7.83. The molecule has 4 heterocycles. The number of aromatic nitrogens is 6. The molecule has 0 bridgehead atoms. The number of hydrogen-bond acceptors (Lipinski definition) is 6. The lowest BCUT2D eigenvalue weighted by Crippen LogP contribution is -2.02. The molecule has 7 heteroatoms. The Bertz CT molecular complexity index is 1070. The van der Waals surface area contributed by atoms with E-state index in [2.05, 4.69) is 24.9 Å². The molecule has 1 aliphatic carbocycles. The predicted octanol–water partition coefficient (Wildman–Crippen LogP) is 2.85. The van der Waals surface area contributed by atoms with Crippen LogP contribution in [0.2, 0.25) is 0 Å². The van der Waals surface area contributed by atoms with E-state index in [-0.39, 0.29) is 0 Å². The molecule has 118 valence electrons. The van der Waals surface area contributed by atoms with Crippen LogP contribution in [0.1, 0.15) is 24.5 Å². The lowest BCUT2D eigenvalue weighted by molar-refractivity contribution is 0.397. The Morgan fingerprint density at radius 3 is 2.88 bits per heavy atom. The van der Waals surface area contributed by atoms with Crippen LogP contribution >= 0.6 is 0 Å². The molecule has 5 rings (SSSR count). The molecule has 0 amide bonds. The Hall–Kier alpha value is -3.09. The fraction of sp³-hybridized carbons (Fsp3) is 0.235. The molecular formula is C17H14N6O. The largest absolute Gasteiger partial charge is 0.480 e. The molecule has 4 aromatic heterocycles. The molecule has 0 radical (unpaired) electrons. The van der Waals surface area contributed by atoms with Gasteiger partial charge in [-0.3, -0.25) is 4.98 Å². The molecule has 1 saturated carbocycles. The number of H-pyrrole nitrogens is 1. The minimum Gasteiger partial charge on any atom is -0.480 e. The third-order valence-electron chi connectivity index (χ3n) is 4.38. The Morgan fingerprint density at radius 2 is 2.04 bits per heavy atom. The minimum atomic E-state index is 0.447. The van der Waals surface area contributed by atoms with Gasteiger partial charge in [-0.15, -0.1) is 0 Å². The quantitative estimate of drug-likeness (QED) is 0.625. The molecule has 4 aromatic rings. The topological polar surface area (TPSA) is 89.5 Å². The van der Waals surface area contributed by atoms with E-state index >= 15 is 0 Å². The van der Waals surface area contributed by atoms with Crippen LogP contribution in [0.25, 0.3) is 33.3 Å². The third-order valence-corrected chi connectivity index (χ3v) is 4.38. The first-order valence-electron chi connectivity index (χ1n) is 7.83. The van der Waals surface area contributed by atoms with Crippen molar-refractivity contribution in [3.63, 3.8) is 0 Å². The van der Waals surface area contributed by atoms with E-state index in [0.717, 1.165) is 46.0 Å². The van der Waals surface area contributed by atoms with Crippen molar-refractivity contribution in [2.75, 3.05) is 7.11 Å². The van der Waals surface area contributed by atoms with Crippen LogP contribution in [0, 0.1) is 0 Å². The van der Waals surface area contributed by atoms with Gasteiger partial charge in [-0.1, -0.05) is 0 Å². The summed E-state index contributed by atoms with van der Waals surface area (Å²) < 4.78 is 5.44. The second kappa shape index (κ2) is 4.95. The van der Waals surface area contributed by atoms with Gasteiger partial charge in [-0.2, -0.15) is 0 Å². The molecule has 1 aliphatic rings. The van der Waals surface area contributed by atoms with Crippen LogP contribution in [0.15, 0.2) is 31.0 Å². The van der Waals surface area contributed by atoms with Gasteiger partial charge in [0.1, 0.15) is 17.5 Å². The van der Waals surface area contributed by atoms with Crippen LogP contribution < -0.4 is 4.74 Å². The zero-order valence-corrected chi connectivity index (χ0v) is 13.0. The molecule has 0 unspecified atom stereocenters. The molecule has 0 spiro atoms. The molecule has 24 heavy (non-hydrogen) atoms. The average molecular weight is 318 g/mol. The SMILES string of the molecule is COc1ncnc(C2CC2)c1-c1ncc2c(n1)[nH]c1cnccc12. The molecule has 0 saturated heterocycles. The summed E-state index contributed by atoms with van der Waals surface area (Å²) in [5.74, 6) is 1.55. The number of hydrogen-bond donors (Lipinski definition) is 1. The van der Waals surface area contributed by atoms with Gasteiger partial charge < -0.3 is 9.72 Å². The molecule has 1 N–H and O–H groups in total. The van der Waals surface area contributed by atoms with Crippen molar-refractivity contribution in [1.29, 1.82) is 0 Å². The van der Waals surface area contributed by atoms with Gasteiger partial charge in [0.2, 0.25) is 5.88 Å². The van der Waals surface area contributed by atoms with Crippen molar-refractivity contribution in [2.45, 2.75) is 18.8 Å². The van der Waals surface area contributed by atoms with Crippen LogP contribution in [0.4, 0.5) is 0 Å². The van der Waals surface area contributed by atoms with Crippen LogP contribution in [0.3, 0.4) is 0 Å². The van der Waals surface area contributed by atoms with Crippen molar-refractivity contribution in [2.24, 2.45) is 0 Å². The summed E-state index contributed by atoms with van der Waals surface area (Å²) >= 11 is 0. The second-order valence-electron chi connectivity index (χ2n) is 5.92. The summed E-state index contributed by atoms with van der Waals surface area (Å²) in [6.07, 6.45) is 9.20. The Morgan fingerprint density at radius 1 is 1.12 bits per heavy atom. The molecular weight excluding hydrogens is 304 g/mol. The van der Waals surface area contributed by atoms with E-state index in [1.807, 2.05) is 12.3 Å². The maximum atomic E-state index is 5.44. The summed E-state index contributed by atoms with van der Waals surface area (Å²) in [6, 6.07) is 1.96. The van der Waals surface area contributed by atoms with E-state index in [9.17, 15) is 0 Å². The summed E-state index contributed by atoms with van der Waals surface area (Å²) in [5, 5.41) is 2.03. The first-order chi connectivity index (χ1) is 11.8. The molecule has 0 atom stereocenters. The van der Waals surface area contributed by atoms with E-state index in [1.165, 1.54) is 0 Å². The van der Waals surface area contributed by atoms with Crippen molar-refractivity contribution < 1.29 is 4.74 Å². The number of fused-ring (bicyclic) bond motifs is 3. The van der Waals surface area contributed by atoms with Gasteiger partial charge in [0.15, 0.2) is 5.82 Å². The highest BCUT2D eigenvalue weighted by Crippen LogP contribution is 2.44. The van der Waals surface area contributed by atoms with Gasteiger partial charge in [0, 0.05) is 29.1 Å². The number of methoxy groups -OCH3 is 1. The fourth-order valence-electron chi connectivity index (χ4n) is 3.06. The Balaban J connectivity index is 1.76. The molecule has 0 aromatic carbocycles. The van der Waals surface area contributed by atoms with Gasteiger partial charge >= 0.3 is 0 Å². The average Bonchev–Trinajstić information content (AvgIpc) is 3.41. The number of nitrogens with one attached hydrogen (secondary N) is 1. The molecule has 0 aliphatic heterocycles. The lowest BCUT2D eigenvalue weighted by atomic mass is 10.1. The highest BCUT2D eigenvalue weighted by molar-refractivity contribution is 6.05. The number of pyridine rings is 1. The fourth-order valence-corrected chi connectivity index (χ4v) is 3.06. The summed E-state index contributed by atoms with van der Waals surface area (Å²) in [4.78, 5) is 25.4. The Labute approximate surface area is 137 Å². The van der Waals surface area contributed by atoms with Crippen molar-refractivity contribution >= 4 is 21.9 Å². The highest BCUT2D eigenvalue weighted by atomic mass is 16.5. The summed E-state index contributed by atoms with van der Waals surface area (Å²) in [6.45, 7) is 0. The van der Waals surface area contributed by atoms with Crippen LogP contribution in [-0.2, 0) is 0 Å². The number of aromatic amines is 1. The van der Waals surface area contributed by atoms with Gasteiger partial charge in [0.25, 0.3) is 0 Å².